The number of aromatic nitrogens is 4. The van der Waals surface area contributed by atoms with Crippen LogP contribution in [0.4, 0.5) is 4.79 Å². The van der Waals surface area contributed by atoms with Crippen molar-refractivity contribution in [2.24, 2.45) is 16.8 Å². The molecule has 2 rings (SSSR count). The van der Waals surface area contributed by atoms with Gasteiger partial charge >= 0.3 is 12.0 Å². The molecule has 1 aromatic carbocycles. The predicted molar refractivity (Wildman–Crippen MR) is 168 cm³/mol. The molecule has 46 heavy (non-hydrogen) atoms. The number of nitrogens with one attached hydrogen (secondary N) is 4. The number of nitrogens with zero attached hydrogens (tertiary/aromatic N) is 5. The van der Waals surface area contributed by atoms with Crippen LogP contribution in [0.1, 0.15) is 70.1 Å². The quantitative estimate of drug-likeness (QED) is 0.103. The molecule has 0 radical (unpaired) electrons. The summed E-state index contributed by atoms with van der Waals surface area (Å²) in [5.74, 6) is -0.504. The number of methoxy groups -OCH3 is 1. The van der Waals surface area contributed by atoms with E-state index in [4.69, 9.17) is 15.2 Å². The number of carbonyl (C=O) groups excluding carboxylic acids is 5. The average molecular weight is 647 g/mol. The van der Waals surface area contributed by atoms with Gasteiger partial charge in [-0.1, -0.05) is 32.0 Å². The molecule has 1 heterocycles. The molecule has 0 aliphatic rings. The van der Waals surface area contributed by atoms with Crippen LogP contribution in [0.3, 0.4) is 0 Å². The Labute approximate surface area is 268 Å². The number of rotatable bonds is 15. The van der Waals surface area contributed by atoms with Gasteiger partial charge < -0.3 is 31.2 Å². The largest absolute Gasteiger partial charge is 0.460 e. The highest BCUT2D eigenvalue weighted by Crippen LogP contribution is 2.10. The Bertz CT molecular complexity index is 1290. The molecule has 0 saturated heterocycles. The number of ether oxygens (including phenoxy) is 2. The molecule has 17 nitrogen and oxygen atoms in total. The summed E-state index contributed by atoms with van der Waals surface area (Å²) >= 11 is 0. The van der Waals surface area contributed by atoms with Crippen LogP contribution in [0.2, 0.25) is 0 Å². The first-order chi connectivity index (χ1) is 21.6. The molecule has 2 atom stereocenters. The van der Waals surface area contributed by atoms with E-state index in [0.717, 1.165) is 0 Å². The molecule has 0 unspecified atom stereocenters. The van der Waals surface area contributed by atoms with E-state index in [1.165, 1.54) is 17.9 Å². The molecule has 0 saturated carbocycles. The number of hydrogen-bond donors (Lipinski definition) is 5. The lowest BCUT2D eigenvalue weighted by atomic mass is 10.1. The summed E-state index contributed by atoms with van der Waals surface area (Å²) in [6, 6.07) is 6.53. The fourth-order valence-electron chi connectivity index (χ4n) is 3.70. The predicted octanol–water partition coefficient (Wildman–Crippen LogP) is 0.657. The van der Waals surface area contributed by atoms with Crippen LogP contribution in [0, 0.1) is 5.92 Å². The number of carbonyl (C=O) groups is 5. The van der Waals surface area contributed by atoms with Gasteiger partial charge in [-0.15, -0.1) is 5.10 Å². The van der Waals surface area contributed by atoms with Crippen LogP contribution < -0.4 is 27.1 Å². The van der Waals surface area contributed by atoms with Gasteiger partial charge in [0.2, 0.25) is 11.8 Å². The second-order valence-electron chi connectivity index (χ2n) is 11.4. The number of benzene rings is 1. The third kappa shape index (κ3) is 16.8. The van der Waals surface area contributed by atoms with Gasteiger partial charge in [0.25, 0.3) is 5.91 Å². The summed E-state index contributed by atoms with van der Waals surface area (Å²) in [5, 5.41) is 22.8. The van der Waals surface area contributed by atoms with Crippen LogP contribution in [0.15, 0.2) is 35.4 Å². The zero-order valence-corrected chi connectivity index (χ0v) is 27.4. The minimum atomic E-state index is -0.833. The van der Waals surface area contributed by atoms with Crippen LogP contribution in [-0.4, -0.2) is 88.0 Å². The highest BCUT2D eigenvalue weighted by molar-refractivity contribution is 5.97. The molecule has 0 aliphatic heterocycles. The number of aryl methyl sites for hydroxylation is 1. The Morgan fingerprint density at radius 2 is 1.74 bits per heavy atom. The molecule has 0 spiro atoms. The van der Waals surface area contributed by atoms with Crippen molar-refractivity contribution in [3.8, 4) is 0 Å². The smallest absolute Gasteiger partial charge is 0.332 e. The number of nitrogens with two attached hydrogens (primary N) is 1. The Kier molecular flexibility index (Phi) is 17.1. The number of hydrogen-bond acceptors (Lipinski definition) is 11. The molecule has 0 aliphatic carbocycles. The van der Waals surface area contributed by atoms with E-state index in [0.29, 0.717) is 30.7 Å². The number of hydrazone groups is 1. The summed E-state index contributed by atoms with van der Waals surface area (Å²) in [6.07, 6.45) is 2.26. The molecule has 17 heteroatoms. The molecule has 5 amide bonds. The maximum Gasteiger partial charge on any atom is 0.332 e. The summed E-state index contributed by atoms with van der Waals surface area (Å²) in [7, 11) is 3.07. The highest BCUT2D eigenvalue weighted by atomic mass is 16.6. The number of amides is 5. The number of tetrazole rings is 1. The van der Waals surface area contributed by atoms with Gasteiger partial charge in [0.05, 0.1) is 12.5 Å². The van der Waals surface area contributed by atoms with E-state index in [1.807, 2.05) is 25.3 Å². The molecular formula is C29H46N10O7. The van der Waals surface area contributed by atoms with E-state index in [1.54, 1.807) is 52.1 Å². The minimum absolute atomic E-state index is 0.0922. The average Bonchev–Trinajstić information content (AvgIpc) is 3.40. The number of primary amides is 1. The Balaban J connectivity index is 0.000000463. The molecule has 0 fully saturated rings. The maximum atomic E-state index is 12.2. The van der Waals surface area contributed by atoms with Gasteiger partial charge in [-0.3, -0.25) is 19.2 Å². The van der Waals surface area contributed by atoms with Crippen LogP contribution in [0.25, 0.3) is 0 Å². The van der Waals surface area contributed by atoms with Crippen LogP contribution in [-0.2, 0) is 37.0 Å². The molecule has 1 aromatic heterocycles. The zero-order valence-electron chi connectivity index (χ0n) is 27.4. The molecule has 2 aromatic rings. The van der Waals surface area contributed by atoms with E-state index in [9.17, 15) is 24.0 Å². The molecule has 0 bridgehead atoms. The molecule has 254 valence electrons. The summed E-state index contributed by atoms with van der Waals surface area (Å²) in [5.41, 5.74) is 6.78. The van der Waals surface area contributed by atoms with Crippen LogP contribution >= 0.6 is 0 Å². The summed E-state index contributed by atoms with van der Waals surface area (Å²) in [6.45, 7) is 9.29. The van der Waals surface area contributed by atoms with Crippen molar-refractivity contribution in [2.75, 3.05) is 14.2 Å². The van der Waals surface area contributed by atoms with Gasteiger partial charge in [0.15, 0.2) is 5.82 Å². The Morgan fingerprint density at radius 1 is 1.07 bits per heavy atom. The number of likely N-dealkylation sites (N-methyl/N-ethyl adjacent to an activating group) is 1. The summed E-state index contributed by atoms with van der Waals surface area (Å²) < 4.78 is 11.7. The molecule has 6 N–H and O–H groups in total. The lowest BCUT2D eigenvalue weighted by Crippen LogP contribution is -2.46. The Hall–Kier alpha value is -4.93. The lowest BCUT2D eigenvalue weighted by molar-refractivity contribution is -0.155. The minimum Gasteiger partial charge on any atom is -0.460 e. The van der Waals surface area contributed by atoms with Gasteiger partial charge in [-0.05, 0) is 55.7 Å². The number of urea groups is 1. The van der Waals surface area contributed by atoms with Crippen molar-refractivity contribution >= 4 is 35.9 Å². The van der Waals surface area contributed by atoms with Crippen molar-refractivity contribution < 1.29 is 33.4 Å². The monoisotopic (exact) mass is 646 g/mol. The normalized spacial score (nSPS) is 12.3. The van der Waals surface area contributed by atoms with Crippen molar-refractivity contribution in [1.82, 2.24) is 41.6 Å². The van der Waals surface area contributed by atoms with Gasteiger partial charge in [0.1, 0.15) is 18.4 Å². The Morgan fingerprint density at radius 3 is 2.30 bits per heavy atom. The topological polar surface area (TPSA) is 234 Å². The van der Waals surface area contributed by atoms with Gasteiger partial charge in [-0.2, -0.15) is 5.10 Å². The van der Waals surface area contributed by atoms with Crippen LogP contribution in [0.5, 0.6) is 0 Å². The summed E-state index contributed by atoms with van der Waals surface area (Å²) in [4.78, 5) is 58.5. The van der Waals surface area contributed by atoms with Crippen molar-refractivity contribution in [3.63, 3.8) is 0 Å². The highest BCUT2D eigenvalue weighted by Gasteiger charge is 2.22. The second kappa shape index (κ2) is 20.2. The third-order valence-corrected chi connectivity index (χ3v) is 5.59. The second-order valence-corrected chi connectivity index (χ2v) is 11.4. The van der Waals surface area contributed by atoms with Crippen molar-refractivity contribution in [2.45, 2.75) is 84.7 Å². The van der Waals surface area contributed by atoms with E-state index >= 15 is 0 Å². The molecular weight excluding hydrogens is 600 g/mol. The first-order valence-electron chi connectivity index (χ1n) is 14.6. The van der Waals surface area contributed by atoms with Crippen molar-refractivity contribution in [1.29, 1.82) is 0 Å². The van der Waals surface area contributed by atoms with E-state index in [2.05, 4.69) is 36.6 Å². The van der Waals surface area contributed by atoms with Gasteiger partial charge in [0, 0.05) is 38.8 Å². The first kappa shape index (κ1) is 39.1. The van der Waals surface area contributed by atoms with E-state index in [-0.39, 0.29) is 36.8 Å². The maximum absolute atomic E-state index is 12.2. The lowest BCUT2D eigenvalue weighted by Gasteiger charge is -2.21. The fourth-order valence-corrected chi connectivity index (χ4v) is 3.70. The third-order valence-electron chi connectivity index (χ3n) is 5.59. The number of esters is 1. The van der Waals surface area contributed by atoms with Crippen molar-refractivity contribution in [3.05, 3.63) is 41.7 Å². The zero-order chi connectivity index (χ0) is 34.7. The van der Waals surface area contributed by atoms with E-state index < -0.39 is 29.7 Å². The SMILES string of the molecule is CC(C)CC(=O)N[C@H](/C=N/NC(N)=O)CC(=O)OC(C)(C)C.CNC(=O)[C@H](CCc1nnnn1COC)NC(=O)c1ccccc1. The fraction of sp³-hybridized carbons (Fsp3) is 0.552. The first-order valence-corrected chi connectivity index (χ1v) is 14.6. The van der Waals surface area contributed by atoms with Gasteiger partial charge in [-0.25, -0.2) is 14.9 Å². The standard InChI is InChI=1S/C15H20N6O3.C14H26N4O4/c1-16-15(23)12(17-14(22)11-6-4-3-5-7-11)8-9-13-18-19-20-21(13)10-24-2;1-9(2)6-11(19)17-10(8-16-18-13(15)21)7-12(20)22-14(3,4)5/h3-7,12H,8-10H2,1-2H3,(H,16,23)(H,17,22);8-10H,6-7H2,1-5H3,(H,17,19)(H3,15,18,21)/b;16-8+/t12-;10-/m00/s1.